The van der Waals surface area contributed by atoms with Gasteiger partial charge < -0.3 is 13.9 Å². The minimum Gasteiger partial charge on any atom is -0.454 e. The number of nitrogens with zero attached hydrogens (tertiary/aromatic N) is 2. The normalized spacial score (nSPS) is 16.7. The van der Waals surface area contributed by atoms with Gasteiger partial charge in [-0.25, -0.2) is 19.0 Å². The fourth-order valence-corrected chi connectivity index (χ4v) is 2.70. The molecule has 3 rings (SSSR count). The van der Waals surface area contributed by atoms with E-state index in [1.165, 1.54) is 30.3 Å². The van der Waals surface area contributed by atoms with Crippen molar-refractivity contribution in [1.82, 2.24) is 9.88 Å². The van der Waals surface area contributed by atoms with E-state index in [0.717, 1.165) is 0 Å². The van der Waals surface area contributed by atoms with E-state index in [-0.39, 0.29) is 18.3 Å². The number of hydrogen-bond donors (Lipinski definition) is 0. The number of rotatable bonds is 4. The van der Waals surface area contributed by atoms with Gasteiger partial charge in [-0.2, -0.15) is 0 Å². The molecule has 2 heterocycles. The van der Waals surface area contributed by atoms with Gasteiger partial charge in [-0.15, -0.1) is 0 Å². The standard InChI is InChI=1S/C17H17FN2O5/c1-23-17(22)20-8-2-3-13(20)16(21)24-10-15-19-9-14(25-15)11-4-6-12(18)7-5-11/h4-7,9,13H,2-3,8,10H2,1H3/t13-/m0/s1. The average molecular weight is 348 g/mol. The van der Waals surface area contributed by atoms with Crippen LogP contribution in [-0.2, 0) is 20.9 Å². The van der Waals surface area contributed by atoms with Gasteiger partial charge in [-0.3, -0.25) is 4.90 Å². The minimum absolute atomic E-state index is 0.147. The molecule has 1 aliphatic rings. The third kappa shape index (κ3) is 3.78. The molecule has 1 saturated heterocycles. The van der Waals surface area contributed by atoms with Crippen LogP contribution < -0.4 is 0 Å². The smallest absolute Gasteiger partial charge is 0.410 e. The number of halogens is 1. The van der Waals surface area contributed by atoms with Crippen LogP contribution in [0, 0.1) is 5.82 Å². The molecular weight excluding hydrogens is 331 g/mol. The fourth-order valence-electron chi connectivity index (χ4n) is 2.70. The van der Waals surface area contributed by atoms with Gasteiger partial charge in [-0.1, -0.05) is 0 Å². The highest BCUT2D eigenvalue weighted by atomic mass is 19.1. The zero-order valence-electron chi connectivity index (χ0n) is 13.6. The predicted octanol–water partition coefficient (Wildman–Crippen LogP) is 2.75. The molecule has 0 unspecified atom stereocenters. The first kappa shape index (κ1) is 16.9. The van der Waals surface area contributed by atoms with E-state index >= 15 is 0 Å². The Balaban J connectivity index is 1.59. The van der Waals surface area contributed by atoms with Crippen molar-refractivity contribution in [3.05, 3.63) is 42.2 Å². The highest BCUT2D eigenvalue weighted by Crippen LogP contribution is 2.22. The van der Waals surface area contributed by atoms with Gasteiger partial charge in [0, 0.05) is 12.1 Å². The van der Waals surface area contributed by atoms with Crippen LogP contribution in [-0.4, -0.2) is 41.6 Å². The van der Waals surface area contributed by atoms with E-state index in [0.29, 0.717) is 30.7 Å². The molecule has 0 N–H and O–H groups in total. The van der Waals surface area contributed by atoms with Crippen molar-refractivity contribution >= 4 is 12.1 Å². The number of ether oxygens (including phenoxy) is 2. The van der Waals surface area contributed by atoms with Gasteiger partial charge in [0.05, 0.1) is 13.3 Å². The average Bonchev–Trinajstić information content (AvgIpc) is 3.29. The van der Waals surface area contributed by atoms with Gasteiger partial charge in [0.25, 0.3) is 0 Å². The number of oxazole rings is 1. The van der Waals surface area contributed by atoms with Crippen LogP contribution in [0.15, 0.2) is 34.9 Å². The molecule has 1 amide bonds. The summed E-state index contributed by atoms with van der Waals surface area (Å²) >= 11 is 0. The molecule has 25 heavy (non-hydrogen) atoms. The summed E-state index contributed by atoms with van der Waals surface area (Å²) < 4.78 is 28.3. The highest BCUT2D eigenvalue weighted by molar-refractivity contribution is 5.82. The first-order valence-corrected chi connectivity index (χ1v) is 7.80. The lowest BCUT2D eigenvalue weighted by Crippen LogP contribution is -2.41. The number of esters is 1. The molecule has 0 radical (unpaired) electrons. The minimum atomic E-state index is -0.654. The van der Waals surface area contributed by atoms with Gasteiger partial charge in [-0.05, 0) is 37.1 Å². The van der Waals surface area contributed by atoms with Crippen molar-refractivity contribution < 1.29 is 27.9 Å². The topological polar surface area (TPSA) is 81.9 Å². The van der Waals surface area contributed by atoms with E-state index in [9.17, 15) is 14.0 Å². The molecule has 0 bridgehead atoms. The summed E-state index contributed by atoms with van der Waals surface area (Å²) in [6, 6.07) is 5.12. The Kier molecular flexibility index (Phi) is 4.97. The number of likely N-dealkylation sites (tertiary alicyclic amines) is 1. The largest absolute Gasteiger partial charge is 0.454 e. The third-order valence-corrected chi connectivity index (χ3v) is 3.95. The zero-order chi connectivity index (χ0) is 17.8. The van der Waals surface area contributed by atoms with Gasteiger partial charge in [0.15, 0.2) is 12.4 Å². The van der Waals surface area contributed by atoms with Crippen molar-refractivity contribution in [2.45, 2.75) is 25.5 Å². The van der Waals surface area contributed by atoms with Crippen LogP contribution in [0.1, 0.15) is 18.7 Å². The Morgan fingerprint density at radius 2 is 2.12 bits per heavy atom. The zero-order valence-corrected chi connectivity index (χ0v) is 13.6. The molecule has 2 aromatic rings. The summed E-state index contributed by atoms with van der Waals surface area (Å²) in [4.78, 5) is 29.2. The number of methoxy groups -OCH3 is 1. The number of carbonyl (C=O) groups is 2. The maximum atomic E-state index is 12.9. The van der Waals surface area contributed by atoms with Crippen molar-refractivity contribution in [2.24, 2.45) is 0 Å². The first-order chi connectivity index (χ1) is 12.1. The monoisotopic (exact) mass is 348 g/mol. The van der Waals surface area contributed by atoms with Crippen molar-refractivity contribution in [3.8, 4) is 11.3 Å². The first-order valence-electron chi connectivity index (χ1n) is 7.80. The lowest BCUT2D eigenvalue weighted by atomic mass is 10.2. The predicted molar refractivity (Wildman–Crippen MR) is 83.8 cm³/mol. The van der Waals surface area contributed by atoms with Gasteiger partial charge >= 0.3 is 12.1 Å². The molecule has 1 aromatic carbocycles. The molecule has 1 fully saturated rings. The van der Waals surface area contributed by atoms with Crippen molar-refractivity contribution in [1.29, 1.82) is 0 Å². The van der Waals surface area contributed by atoms with Crippen LogP contribution in [0.4, 0.5) is 9.18 Å². The molecule has 0 saturated carbocycles. The third-order valence-electron chi connectivity index (χ3n) is 3.95. The summed E-state index contributed by atoms with van der Waals surface area (Å²) in [6.07, 6.45) is 2.17. The second kappa shape index (κ2) is 7.33. The summed E-state index contributed by atoms with van der Waals surface area (Å²) in [6.45, 7) is 0.311. The second-order valence-corrected chi connectivity index (χ2v) is 5.55. The van der Waals surface area contributed by atoms with Crippen LogP contribution in [0.25, 0.3) is 11.3 Å². The van der Waals surface area contributed by atoms with Crippen LogP contribution in [0.3, 0.4) is 0 Å². The summed E-state index contributed by atoms with van der Waals surface area (Å²) in [5, 5.41) is 0. The fraction of sp³-hybridized carbons (Fsp3) is 0.353. The maximum absolute atomic E-state index is 12.9. The van der Waals surface area contributed by atoms with Crippen molar-refractivity contribution in [3.63, 3.8) is 0 Å². The molecule has 132 valence electrons. The summed E-state index contributed by atoms with van der Waals surface area (Å²) in [5.74, 6) is -0.202. The Bertz CT molecular complexity index is 759. The lowest BCUT2D eigenvalue weighted by molar-refractivity contribution is -0.150. The maximum Gasteiger partial charge on any atom is 0.410 e. The molecule has 7 nitrogen and oxygen atoms in total. The Morgan fingerprint density at radius 3 is 2.84 bits per heavy atom. The number of amides is 1. The SMILES string of the molecule is COC(=O)N1CCC[C@H]1C(=O)OCc1ncc(-c2ccc(F)cc2)o1. The Morgan fingerprint density at radius 1 is 1.36 bits per heavy atom. The van der Waals surface area contributed by atoms with E-state index in [1.807, 2.05) is 0 Å². The van der Waals surface area contributed by atoms with Crippen LogP contribution in [0.2, 0.25) is 0 Å². The number of hydrogen-bond acceptors (Lipinski definition) is 6. The number of aromatic nitrogens is 1. The Labute approximate surface area is 143 Å². The second-order valence-electron chi connectivity index (χ2n) is 5.55. The number of benzene rings is 1. The van der Waals surface area contributed by atoms with E-state index in [2.05, 4.69) is 9.72 Å². The molecule has 1 aliphatic heterocycles. The molecular formula is C17H17FN2O5. The van der Waals surface area contributed by atoms with Crippen molar-refractivity contribution in [2.75, 3.05) is 13.7 Å². The van der Waals surface area contributed by atoms with E-state index < -0.39 is 18.1 Å². The van der Waals surface area contributed by atoms with E-state index in [1.54, 1.807) is 12.1 Å². The quantitative estimate of drug-likeness (QED) is 0.790. The van der Waals surface area contributed by atoms with Gasteiger partial charge in [0.2, 0.25) is 5.89 Å². The Hall–Kier alpha value is -2.90. The molecule has 8 heteroatoms. The van der Waals surface area contributed by atoms with Crippen LogP contribution >= 0.6 is 0 Å². The lowest BCUT2D eigenvalue weighted by Gasteiger charge is -2.21. The molecule has 1 atom stereocenters. The molecule has 0 spiro atoms. The molecule has 0 aliphatic carbocycles. The van der Waals surface area contributed by atoms with Gasteiger partial charge in [0.1, 0.15) is 11.9 Å². The highest BCUT2D eigenvalue weighted by Gasteiger charge is 2.36. The summed E-state index contributed by atoms with van der Waals surface area (Å²) in [7, 11) is 1.27. The summed E-state index contributed by atoms with van der Waals surface area (Å²) in [5.41, 5.74) is 0.666. The van der Waals surface area contributed by atoms with E-state index in [4.69, 9.17) is 9.15 Å². The number of carbonyl (C=O) groups excluding carboxylic acids is 2. The van der Waals surface area contributed by atoms with Crippen LogP contribution in [0.5, 0.6) is 0 Å². The molecule has 1 aromatic heterocycles.